The van der Waals surface area contributed by atoms with E-state index in [1.807, 2.05) is 6.07 Å². The summed E-state index contributed by atoms with van der Waals surface area (Å²) >= 11 is 0. The Bertz CT molecular complexity index is 926. The highest BCUT2D eigenvalue weighted by Crippen LogP contribution is 2.32. The molecule has 1 aliphatic heterocycles. The number of ether oxygens (including phenoxy) is 3. The minimum atomic E-state index is -1.39. The van der Waals surface area contributed by atoms with Gasteiger partial charge in [0.1, 0.15) is 5.92 Å². The number of benzene rings is 1. The minimum absolute atomic E-state index is 0.0571. The summed E-state index contributed by atoms with van der Waals surface area (Å²) < 4.78 is 15.5. The summed E-state index contributed by atoms with van der Waals surface area (Å²) in [4.78, 5) is 52.7. The van der Waals surface area contributed by atoms with Crippen molar-refractivity contribution in [1.29, 1.82) is 0 Å². The smallest absolute Gasteiger partial charge is 0.337 e. The molecule has 33 heavy (non-hydrogen) atoms. The molecule has 1 N–H and O–H groups in total. The number of nitrogens with one attached hydrogen (secondary N) is 1. The first-order chi connectivity index (χ1) is 15.8. The summed E-state index contributed by atoms with van der Waals surface area (Å²) in [5.41, 5.74) is 1.25. The van der Waals surface area contributed by atoms with Gasteiger partial charge in [-0.05, 0) is 46.8 Å². The van der Waals surface area contributed by atoms with Crippen LogP contribution in [0.2, 0.25) is 0 Å². The normalized spacial score (nSPS) is 13.8. The molecule has 9 nitrogen and oxygen atoms in total. The Hall–Kier alpha value is -3.62. The van der Waals surface area contributed by atoms with Gasteiger partial charge in [-0.3, -0.25) is 9.59 Å². The van der Waals surface area contributed by atoms with Crippen molar-refractivity contribution in [2.24, 2.45) is 5.92 Å². The number of hydrogen-bond acceptors (Lipinski definition) is 8. The zero-order valence-electron chi connectivity index (χ0n) is 19.6. The molecule has 1 amide bonds. The summed E-state index contributed by atoms with van der Waals surface area (Å²) in [5, 5.41) is 2.93. The maximum Gasteiger partial charge on any atom is 0.337 e. The van der Waals surface area contributed by atoms with Crippen LogP contribution in [0.4, 0.5) is 5.69 Å². The summed E-state index contributed by atoms with van der Waals surface area (Å²) in [6.07, 6.45) is 0. The highest BCUT2D eigenvalue weighted by molar-refractivity contribution is 6.06. The minimum Gasteiger partial charge on any atom is -0.463 e. The Morgan fingerprint density at radius 2 is 1.36 bits per heavy atom. The van der Waals surface area contributed by atoms with E-state index in [0.29, 0.717) is 23.6 Å². The van der Waals surface area contributed by atoms with Crippen molar-refractivity contribution in [1.82, 2.24) is 5.32 Å². The first-order valence-electron chi connectivity index (χ1n) is 10.8. The Labute approximate surface area is 193 Å². The molecule has 0 aliphatic carbocycles. The summed E-state index contributed by atoms with van der Waals surface area (Å²) in [6.45, 7) is 8.22. The van der Waals surface area contributed by atoms with Gasteiger partial charge in [-0.15, -0.1) is 0 Å². The number of amides is 1. The average molecular weight is 459 g/mol. The fourth-order valence-corrected chi connectivity index (χ4v) is 3.59. The van der Waals surface area contributed by atoms with E-state index in [-0.39, 0.29) is 24.4 Å². The maximum atomic E-state index is 13.2. The quantitative estimate of drug-likeness (QED) is 0.444. The van der Waals surface area contributed by atoms with E-state index in [1.54, 1.807) is 58.9 Å². The van der Waals surface area contributed by atoms with Crippen molar-refractivity contribution in [3.8, 4) is 0 Å². The van der Waals surface area contributed by atoms with Crippen molar-refractivity contribution < 1.29 is 33.4 Å². The standard InChI is InChI=1S/C24H30N2O7/c1-6-26(17-12-10-9-11-13-17)18(27)14-33-24(30)21-19(22(28)31-7-2)15(4)25-16(5)20(21)23(29)32-8-3/h9-13,21,25H,6-8,14H2,1-5H3. The fourth-order valence-electron chi connectivity index (χ4n) is 3.59. The number of hydrogen-bond donors (Lipinski definition) is 1. The molecule has 0 fully saturated rings. The van der Waals surface area contributed by atoms with Gasteiger partial charge in [-0.1, -0.05) is 18.2 Å². The van der Waals surface area contributed by atoms with Gasteiger partial charge in [0.2, 0.25) is 0 Å². The Morgan fingerprint density at radius 1 is 0.848 bits per heavy atom. The molecule has 1 aromatic carbocycles. The van der Waals surface area contributed by atoms with Gasteiger partial charge in [0.25, 0.3) is 5.91 Å². The number of esters is 3. The second-order valence-corrected chi connectivity index (χ2v) is 7.16. The molecular formula is C24H30N2O7. The lowest BCUT2D eigenvalue weighted by atomic mass is 9.85. The second kappa shape index (κ2) is 11.8. The zero-order valence-corrected chi connectivity index (χ0v) is 19.6. The van der Waals surface area contributed by atoms with Crippen LogP contribution in [0.15, 0.2) is 52.9 Å². The van der Waals surface area contributed by atoms with Gasteiger partial charge in [0, 0.05) is 23.6 Å². The topological polar surface area (TPSA) is 111 Å². The van der Waals surface area contributed by atoms with Crippen LogP contribution >= 0.6 is 0 Å². The molecule has 2 rings (SSSR count). The van der Waals surface area contributed by atoms with Crippen LogP contribution in [0, 0.1) is 5.92 Å². The molecule has 178 valence electrons. The Morgan fingerprint density at radius 3 is 1.82 bits per heavy atom. The number of likely N-dealkylation sites (N-methyl/N-ethyl adjacent to an activating group) is 1. The van der Waals surface area contributed by atoms with Crippen LogP contribution in [0.5, 0.6) is 0 Å². The molecule has 1 heterocycles. The molecule has 0 unspecified atom stereocenters. The van der Waals surface area contributed by atoms with E-state index in [1.165, 1.54) is 4.90 Å². The second-order valence-electron chi connectivity index (χ2n) is 7.16. The molecule has 0 saturated carbocycles. The monoisotopic (exact) mass is 458 g/mol. The molecule has 0 aromatic heterocycles. The molecule has 0 spiro atoms. The maximum absolute atomic E-state index is 13.2. The highest BCUT2D eigenvalue weighted by Gasteiger charge is 2.42. The molecule has 0 radical (unpaired) electrons. The molecule has 1 aliphatic rings. The van der Waals surface area contributed by atoms with Crippen LogP contribution in [-0.2, 0) is 33.4 Å². The zero-order chi connectivity index (χ0) is 24.5. The van der Waals surface area contributed by atoms with E-state index in [0.717, 1.165) is 0 Å². The van der Waals surface area contributed by atoms with Crippen molar-refractivity contribution >= 4 is 29.5 Å². The van der Waals surface area contributed by atoms with Gasteiger partial charge >= 0.3 is 17.9 Å². The van der Waals surface area contributed by atoms with Gasteiger partial charge in [-0.25, -0.2) is 9.59 Å². The lowest BCUT2D eigenvalue weighted by Crippen LogP contribution is -2.40. The van der Waals surface area contributed by atoms with Gasteiger partial charge in [-0.2, -0.15) is 0 Å². The van der Waals surface area contributed by atoms with Crippen molar-refractivity contribution in [3.63, 3.8) is 0 Å². The fraction of sp³-hybridized carbons (Fsp3) is 0.417. The van der Waals surface area contributed by atoms with Crippen LogP contribution in [-0.4, -0.2) is 50.2 Å². The number of allylic oxidation sites excluding steroid dienone is 2. The van der Waals surface area contributed by atoms with Crippen molar-refractivity contribution in [2.45, 2.75) is 34.6 Å². The number of para-hydroxylation sites is 1. The van der Waals surface area contributed by atoms with Crippen molar-refractivity contribution in [2.75, 3.05) is 31.3 Å². The largest absolute Gasteiger partial charge is 0.463 e. The number of carbonyl (C=O) groups excluding carboxylic acids is 4. The first kappa shape index (κ1) is 25.6. The number of dihydropyridines is 1. The van der Waals surface area contributed by atoms with Crippen LogP contribution in [0.25, 0.3) is 0 Å². The van der Waals surface area contributed by atoms with E-state index >= 15 is 0 Å². The van der Waals surface area contributed by atoms with Crippen molar-refractivity contribution in [3.05, 3.63) is 52.9 Å². The molecule has 0 saturated heterocycles. The van der Waals surface area contributed by atoms with Crippen LogP contribution in [0.3, 0.4) is 0 Å². The van der Waals surface area contributed by atoms with E-state index < -0.39 is 36.3 Å². The predicted molar refractivity (Wildman–Crippen MR) is 121 cm³/mol. The highest BCUT2D eigenvalue weighted by atomic mass is 16.5. The molecule has 1 aromatic rings. The van der Waals surface area contributed by atoms with E-state index in [4.69, 9.17) is 14.2 Å². The summed E-state index contributed by atoms with van der Waals surface area (Å²) in [6, 6.07) is 8.96. The molecule has 9 heteroatoms. The number of rotatable bonds is 9. The summed E-state index contributed by atoms with van der Waals surface area (Å²) in [7, 11) is 0. The first-order valence-corrected chi connectivity index (χ1v) is 10.8. The molecule has 0 atom stereocenters. The molecular weight excluding hydrogens is 428 g/mol. The third kappa shape index (κ3) is 6.00. The average Bonchev–Trinajstić information content (AvgIpc) is 2.78. The van der Waals surface area contributed by atoms with Crippen LogP contribution < -0.4 is 10.2 Å². The number of anilines is 1. The summed E-state index contributed by atoms with van der Waals surface area (Å²) in [5.74, 6) is -4.26. The van der Waals surface area contributed by atoms with Gasteiger partial charge in [0.15, 0.2) is 6.61 Å². The third-order valence-corrected chi connectivity index (χ3v) is 5.01. The Kier molecular flexibility index (Phi) is 9.20. The number of carbonyl (C=O) groups is 4. The Balaban J connectivity index is 2.32. The lowest BCUT2D eigenvalue weighted by molar-refractivity contribution is -0.153. The predicted octanol–water partition coefficient (Wildman–Crippen LogP) is 2.48. The number of nitrogens with zero attached hydrogens (tertiary/aromatic N) is 1. The molecule has 0 bridgehead atoms. The third-order valence-electron chi connectivity index (χ3n) is 5.01. The van der Waals surface area contributed by atoms with Crippen LogP contribution in [0.1, 0.15) is 34.6 Å². The SMILES string of the molecule is CCOC(=O)C1=C(C)NC(C)=C(C(=O)OCC)C1C(=O)OCC(=O)N(CC)c1ccccc1. The van der Waals surface area contributed by atoms with E-state index in [9.17, 15) is 19.2 Å². The lowest BCUT2D eigenvalue weighted by Gasteiger charge is -2.29. The van der Waals surface area contributed by atoms with Gasteiger partial charge < -0.3 is 24.4 Å². The van der Waals surface area contributed by atoms with Gasteiger partial charge in [0.05, 0.1) is 24.4 Å². The van der Waals surface area contributed by atoms with E-state index in [2.05, 4.69) is 5.32 Å².